The summed E-state index contributed by atoms with van der Waals surface area (Å²) in [6, 6.07) is 0. The molecule has 0 saturated heterocycles. The van der Waals surface area contributed by atoms with Gasteiger partial charge in [-0.1, -0.05) is 76.5 Å². The SMILES string of the molecule is C=CCCCCCCCCC=CCCCCCCC. The van der Waals surface area contributed by atoms with Gasteiger partial charge in [-0.2, -0.15) is 0 Å². The van der Waals surface area contributed by atoms with E-state index >= 15 is 0 Å². The number of allylic oxidation sites excluding steroid dienone is 3. The van der Waals surface area contributed by atoms with Crippen molar-refractivity contribution in [1.82, 2.24) is 0 Å². The van der Waals surface area contributed by atoms with Crippen LogP contribution in [0.3, 0.4) is 0 Å². The number of rotatable bonds is 15. The standard InChI is InChI=1S/C19H36/c1-3-5-7-9-11-13-15-17-19-18-16-14-12-10-8-6-4-2/h3,16,18H,1,4-15,17,19H2,2H3. The molecule has 0 amide bonds. The molecular formula is C19H36. The summed E-state index contributed by atoms with van der Waals surface area (Å²) in [5, 5.41) is 0. The second-order valence-corrected chi connectivity index (χ2v) is 5.66. The van der Waals surface area contributed by atoms with E-state index in [1.54, 1.807) is 0 Å². The Labute approximate surface area is 122 Å². The highest BCUT2D eigenvalue weighted by atomic mass is 14.0. The van der Waals surface area contributed by atoms with E-state index in [0.29, 0.717) is 0 Å². The van der Waals surface area contributed by atoms with Gasteiger partial charge in [-0.3, -0.25) is 0 Å². The lowest BCUT2D eigenvalue weighted by Crippen LogP contribution is -1.79. The Morgan fingerprint density at radius 1 is 0.579 bits per heavy atom. The average molecular weight is 264 g/mol. The third kappa shape index (κ3) is 17.5. The number of hydrogen-bond donors (Lipinski definition) is 0. The zero-order chi connectivity index (χ0) is 14.0. The lowest BCUT2D eigenvalue weighted by atomic mass is 10.1. The summed E-state index contributed by atoms with van der Waals surface area (Å²) in [6.07, 6.45) is 26.0. The first-order valence-electron chi connectivity index (χ1n) is 8.67. The van der Waals surface area contributed by atoms with Gasteiger partial charge in [-0.25, -0.2) is 0 Å². The molecule has 0 atom stereocenters. The third-order valence-corrected chi connectivity index (χ3v) is 3.67. The van der Waals surface area contributed by atoms with E-state index in [4.69, 9.17) is 0 Å². The molecule has 0 heteroatoms. The minimum absolute atomic E-state index is 1.20. The van der Waals surface area contributed by atoms with Gasteiger partial charge in [0, 0.05) is 0 Å². The quantitative estimate of drug-likeness (QED) is 0.216. The molecule has 0 aromatic rings. The summed E-state index contributed by atoms with van der Waals surface area (Å²) in [5.74, 6) is 0. The van der Waals surface area contributed by atoms with Gasteiger partial charge in [0.25, 0.3) is 0 Å². The first kappa shape index (κ1) is 18.5. The van der Waals surface area contributed by atoms with Crippen molar-refractivity contribution >= 4 is 0 Å². The maximum absolute atomic E-state index is 3.76. The topological polar surface area (TPSA) is 0 Å². The first-order chi connectivity index (χ1) is 9.41. The van der Waals surface area contributed by atoms with Crippen LogP contribution in [-0.4, -0.2) is 0 Å². The van der Waals surface area contributed by atoms with Gasteiger partial charge in [-0.05, 0) is 38.5 Å². The van der Waals surface area contributed by atoms with Crippen molar-refractivity contribution in [3.8, 4) is 0 Å². The van der Waals surface area contributed by atoms with Gasteiger partial charge < -0.3 is 0 Å². The van der Waals surface area contributed by atoms with Crippen LogP contribution in [0.1, 0.15) is 96.8 Å². The molecule has 0 N–H and O–H groups in total. The van der Waals surface area contributed by atoms with Crippen molar-refractivity contribution in [1.29, 1.82) is 0 Å². The Balaban J connectivity index is 3.02. The molecule has 0 spiro atoms. The van der Waals surface area contributed by atoms with Gasteiger partial charge in [0.2, 0.25) is 0 Å². The fourth-order valence-corrected chi connectivity index (χ4v) is 2.36. The van der Waals surface area contributed by atoms with E-state index in [0.717, 1.165) is 0 Å². The molecule has 112 valence electrons. The lowest BCUT2D eigenvalue weighted by molar-refractivity contribution is 0.599. The second kappa shape index (κ2) is 17.5. The average Bonchev–Trinajstić information content (AvgIpc) is 2.43. The first-order valence-corrected chi connectivity index (χ1v) is 8.67. The molecule has 0 nitrogen and oxygen atoms in total. The summed E-state index contributed by atoms with van der Waals surface area (Å²) in [6.45, 7) is 6.03. The van der Waals surface area contributed by atoms with Crippen molar-refractivity contribution < 1.29 is 0 Å². The lowest BCUT2D eigenvalue weighted by Gasteiger charge is -1.99. The van der Waals surface area contributed by atoms with Gasteiger partial charge in [-0.15, -0.1) is 6.58 Å². The van der Waals surface area contributed by atoms with E-state index in [-0.39, 0.29) is 0 Å². The second-order valence-electron chi connectivity index (χ2n) is 5.66. The molecule has 0 fully saturated rings. The number of unbranched alkanes of at least 4 members (excludes halogenated alkanes) is 12. The van der Waals surface area contributed by atoms with Crippen LogP contribution < -0.4 is 0 Å². The van der Waals surface area contributed by atoms with Gasteiger partial charge in [0.15, 0.2) is 0 Å². The monoisotopic (exact) mass is 264 g/mol. The van der Waals surface area contributed by atoms with Crippen molar-refractivity contribution in [2.45, 2.75) is 96.8 Å². The van der Waals surface area contributed by atoms with Gasteiger partial charge in [0.05, 0.1) is 0 Å². The minimum Gasteiger partial charge on any atom is -0.103 e. The zero-order valence-electron chi connectivity index (χ0n) is 13.3. The highest BCUT2D eigenvalue weighted by molar-refractivity contribution is 4.81. The molecule has 0 unspecified atom stereocenters. The van der Waals surface area contributed by atoms with Crippen molar-refractivity contribution in [3.63, 3.8) is 0 Å². The number of hydrogen-bond acceptors (Lipinski definition) is 0. The molecule has 0 bridgehead atoms. The van der Waals surface area contributed by atoms with Crippen molar-refractivity contribution in [2.75, 3.05) is 0 Å². The fraction of sp³-hybridized carbons (Fsp3) is 0.789. The van der Waals surface area contributed by atoms with Gasteiger partial charge >= 0.3 is 0 Å². The van der Waals surface area contributed by atoms with Crippen LogP contribution in [-0.2, 0) is 0 Å². The molecule has 0 aliphatic carbocycles. The van der Waals surface area contributed by atoms with Crippen LogP contribution in [0.15, 0.2) is 24.8 Å². The van der Waals surface area contributed by atoms with Crippen molar-refractivity contribution in [2.24, 2.45) is 0 Å². The van der Waals surface area contributed by atoms with Crippen LogP contribution >= 0.6 is 0 Å². The summed E-state index contributed by atoms with van der Waals surface area (Å²) in [4.78, 5) is 0. The Kier molecular flexibility index (Phi) is 17.0. The maximum Gasteiger partial charge on any atom is -0.0351 e. The summed E-state index contributed by atoms with van der Waals surface area (Å²) < 4.78 is 0. The molecular weight excluding hydrogens is 228 g/mol. The Bertz CT molecular complexity index is 190. The predicted molar refractivity (Wildman–Crippen MR) is 89.6 cm³/mol. The Morgan fingerprint density at radius 3 is 1.47 bits per heavy atom. The van der Waals surface area contributed by atoms with Crippen LogP contribution in [0.4, 0.5) is 0 Å². The highest BCUT2D eigenvalue weighted by Gasteiger charge is 1.90. The van der Waals surface area contributed by atoms with E-state index in [1.807, 2.05) is 6.08 Å². The van der Waals surface area contributed by atoms with Crippen LogP contribution in [0.25, 0.3) is 0 Å². The Hall–Kier alpha value is -0.520. The smallest absolute Gasteiger partial charge is 0.0351 e. The van der Waals surface area contributed by atoms with E-state index in [9.17, 15) is 0 Å². The summed E-state index contributed by atoms with van der Waals surface area (Å²) >= 11 is 0. The highest BCUT2D eigenvalue weighted by Crippen LogP contribution is 2.10. The zero-order valence-corrected chi connectivity index (χ0v) is 13.3. The minimum atomic E-state index is 1.20. The van der Waals surface area contributed by atoms with E-state index in [1.165, 1.54) is 89.9 Å². The largest absolute Gasteiger partial charge is 0.103 e. The van der Waals surface area contributed by atoms with Crippen LogP contribution in [0.2, 0.25) is 0 Å². The predicted octanol–water partition coefficient (Wildman–Crippen LogP) is 7.21. The molecule has 0 aliphatic rings. The molecule has 0 heterocycles. The molecule has 0 radical (unpaired) electrons. The summed E-state index contributed by atoms with van der Waals surface area (Å²) in [7, 11) is 0. The summed E-state index contributed by atoms with van der Waals surface area (Å²) in [5.41, 5.74) is 0. The maximum atomic E-state index is 3.76. The Morgan fingerprint density at radius 2 is 1.00 bits per heavy atom. The van der Waals surface area contributed by atoms with Crippen LogP contribution in [0, 0.1) is 0 Å². The normalized spacial score (nSPS) is 11.2. The van der Waals surface area contributed by atoms with E-state index in [2.05, 4.69) is 25.7 Å². The molecule has 0 aromatic heterocycles. The molecule has 0 rings (SSSR count). The third-order valence-electron chi connectivity index (χ3n) is 3.67. The van der Waals surface area contributed by atoms with Crippen LogP contribution in [0.5, 0.6) is 0 Å². The van der Waals surface area contributed by atoms with Crippen molar-refractivity contribution in [3.05, 3.63) is 24.8 Å². The molecule has 0 aliphatic heterocycles. The molecule has 0 aromatic carbocycles. The fourth-order valence-electron chi connectivity index (χ4n) is 2.36. The molecule has 0 saturated carbocycles. The van der Waals surface area contributed by atoms with Gasteiger partial charge in [0.1, 0.15) is 0 Å². The van der Waals surface area contributed by atoms with E-state index < -0.39 is 0 Å². The molecule has 19 heavy (non-hydrogen) atoms.